The maximum atomic E-state index is 5.88. The molecule has 2 aromatic carbocycles. The van der Waals surface area contributed by atoms with E-state index in [1.807, 2.05) is 18.2 Å². The molecule has 4 rings (SSSR count). The van der Waals surface area contributed by atoms with Crippen molar-refractivity contribution >= 4 is 11.0 Å². The van der Waals surface area contributed by atoms with Gasteiger partial charge in [0.25, 0.3) is 0 Å². The van der Waals surface area contributed by atoms with Crippen LogP contribution in [0.15, 0.2) is 48.5 Å². The molecule has 1 unspecified atom stereocenters. The second-order valence-electron chi connectivity index (χ2n) is 5.89. The van der Waals surface area contributed by atoms with Crippen molar-refractivity contribution in [3.05, 3.63) is 59.9 Å². The van der Waals surface area contributed by atoms with Crippen LogP contribution in [0.5, 0.6) is 5.75 Å². The molecule has 0 spiro atoms. The lowest BCUT2D eigenvalue weighted by atomic mass is 10.2. The van der Waals surface area contributed by atoms with Crippen LogP contribution >= 0.6 is 0 Å². The Balaban J connectivity index is 1.75. The van der Waals surface area contributed by atoms with E-state index in [-0.39, 0.29) is 6.10 Å². The van der Waals surface area contributed by atoms with E-state index < -0.39 is 0 Å². The van der Waals surface area contributed by atoms with Gasteiger partial charge in [0.15, 0.2) is 0 Å². The number of ether oxygens (including phenoxy) is 2. The molecule has 0 N–H and O–H groups in total. The van der Waals surface area contributed by atoms with Crippen LogP contribution in [0.25, 0.3) is 11.0 Å². The predicted octanol–water partition coefficient (Wildman–Crippen LogP) is 3.94. The third kappa shape index (κ3) is 2.70. The topological polar surface area (TPSA) is 36.3 Å². The Morgan fingerprint density at radius 1 is 1.17 bits per heavy atom. The van der Waals surface area contributed by atoms with Gasteiger partial charge in [0.1, 0.15) is 17.7 Å². The van der Waals surface area contributed by atoms with E-state index >= 15 is 0 Å². The molecule has 1 aliphatic rings. The van der Waals surface area contributed by atoms with Gasteiger partial charge in [0.2, 0.25) is 0 Å². The Labute approximate surface area is 135 Å². The average Bonchev–Trinajstić information content (AvgIpc) is 3.24. The third-order valence-electron chi connectivity index (χ3n) is 4.40. The minimum Gasteiger partial charge on any atom is -0.497 e. The monoisotopic (exact) mass is 308 g/mol. The van der Waals surface area contributed by atoms with Crippen LogP contribution in [0, 0.1) is 0 Å². The number of hydrogen-bond donors (Lipinski definition) is 0. The smallest absolute Gasteiger partial charge is 0.139 e. The van der Waals surface area contributed by atoms with Gasteiger partial charge in [-0.1, -0.05) is 24.3 Å². The van der Waals surface area contributed by atoms with Gasteiger partial charge in [0.05, 0.1) is 18.1 Å². The highest BCUT2D eigenvalue weighted by Gasteiger charge is 2.24. The normalized spacial score (nSPS) is 17.7. The SMILES string of the molecule is COc1ccc(Cn2c(C3CCCO3)nc3ccccc32)cc1. The maximum Gasteiger partial charge on any atom is 0.139 e. The lowest BCUT2D eigenvalue weighted by Crippen LogP contribution is -2.09. The highest BCUT2D eigenvalue weighted by atomic mass is 16.5. The molecule has 0 aliphatic carbocycles. The standard InChI is InChI=1S/C19H20N2O2/c1-22-15-10-8-14(9-11-15)13-21-17-6-3-2-5-16(17)20-19(21)18-7-4-12-23-18/h2-3,5-6,8-11,18H,4,7,12-13H2,1H3. The maximum absolute atomic E-state index is 5.88. The van der Waals surface area contributed by atoms with E-state index in [2.05, 4.69) is 34.9 Å². The molecule has 0 bridgehead atoms. The van der Waals surface area contributed by atoms with E-state index in [0.29, 0.717) is 0 Å². The minimum atomic E-state index is 0.112. The van der Waals surface area contributed by atoms with Crippen LogP contribution in [0.3, 0.4) is 0 Å². The number of hydrogen-bond acceptors (Lipinski definition) is 3. The van der Waals surface area contributed by atoms with Crippen LogP contribution < -0.4 is 4.74 Å². The molecule has 3 aromatic rings. The molecule has 0 radical (unpaired) electrons. The fourth-order valence-corrected chi connectivity index (χ4v) is 3.20. The summed E-state index contributed by atoms with van der Waals surface area (Å²) in [7, 11) is 1.69. The van der Waals surface area contributed by atoms with Gasteiger partial charge in [-0.25, -0.2) is 4.98 Å². The summed E-state index contributed by atoms with van der Waals surface area (Å²) in [6.45, 7) is 1.62. The highest BCUT2D eigenvalue weighted by Crippen LogP contribution is 2.31. The summed E-state index contributed by atoms with van der Waals surface area (Å²) < 4.78 is 13.4. The number of rotatable bonds is 4. The third-order valence-corrected chi connectivity index (χ3v) is 4.40. The van der Waals surface area contributed by atoms with Gasteiger partial charge in [-0.15, -0.1) is 0 Å². The Hall–Kier alpha value is -2.33. The van der Waals surface area contributed by atoms with Crippen molar-refractivity contribution in [1.29, 1.82) is 0 Å². The van der Waals surface area contributed by atoms with Crippen LogP contribution in [0.4, 0.5) is 0 Å². The summed E-state index contributed by atoms with van der Waals surface area (Å²) in [4.78, 5) is 4.84. The molecule has 118 valence electrons. The number of fused-ring (bicyclic) bond motifs is 1. The molecule has 23 heavy (non-hydrogen) atoms. The van der Waals surface area contributed by atoms with Gasteiger partial charge < -0.3 is 14.0 Å². The van der Waals surface area contributed by atoms with Gasteiger partial charge in [0, 0.05) is 13.2 Å². The Morgan fingerprint density at radius 3 is 2.74 bits per heavy atom. The van der Waals surface area contributed by atoms with Crippen molar-refractivity contribution in [1.82, 2.24) is 9.55 Å². The van der Waals surface area contributed by atoms with Crippen molar-refractivity contribution in [2.75, 3.05) is 13.7 Å². The fraction of sp³-hybridized carbons (Fsp3) is 0.316. The van der Waals surface area contributed by atoms with Crippen LogP contribution in [0.2, 0.25) is 0 Å². The van der Waals surface area contributed by atoms with Gasteiger partial charge in [-0.3, -0.25) is 0 Å². The molecule has 1 atom stereocenters. The predicted molar refractivity (Wildman–Crippen MR) is 89.8 cm³/mol. The average molecular weight is 308 g/mol. The molecule has 0 amide bonds. The largest absolute Gasteiger partial charge is 0.497 e. The number of nitrogens with zero attached hydrogens (tertiary/aromatic N) is 2. The summed E-state index contributed by atoms with van der Waals surface area (Å²) in [5, 5.41) is 0. The molecular formula is C19H20N2O2. The summed E-state index contributed by atoms with van der Waals surface area (Å²) in [5.74, 6) is 1.92. The lowest BCUT2D eigenvalue weighted by molar-refractivity contribution is 0.103. The molecular weight excluding hydrogens is 288 g/mol. The molecule has 4 heteroatoms. The number of benzene rings is 2. The first-order valence-corrected chi connectivity index (χ1v) is 8.05. The van der Waals surface area contributed by atoms with Crippen molar-refractivity contribution in [3.63, 3.8) is 0 Å². The zero-order valence-corrected chi connectivity index (χ0v) is 13.2. The second kappa shape index (κ2) is 6.05. The number of methoxy groups -OCH3 is 1. The van der Waals surface area contributed by atoms with Crippen molar-refractivity contribution in [2.45, 2.75) is 25.5 Å². The van der Waals surface area contributed by atoms with Crippen LogP contribution in [-0.4, -0.2) is 23.3 Å². The summed E-state index contributed by atoms with van der Waals surface area (Å²) in [5.41, 5.74) is 3.42. The van der Waals surface area contributed by atoms with Gasteiger partial charge in [-0.05, 0) is 42.7 Å². The molecule has 1 aliphatic heterocycles. The molecule has 1 aromatic heterocycles. The van der Waals surface area contributed by atoms with Gasteiger partial charge in [-0.2, -0.15) is 0 Å². The lowest BCUT2D eigenvalue weighted by Gasteiger charge is -2.14. The first-order chi connectivity index (χ1) is 11.3. The zero-order chi connectivity index (χ0) is 15.6. The quantitative estimate of drug-likeness (QED) is 0.732. The molecule has 1 fully saturated rings. The summed E-state index contributed by atoms with van der Waals surface area (Å²) in [6, 6.07) is 16.5. The van der Waals surface area contributed by atoms with Crippen LogP contribution in [0.1, 0.15) is 30.3 Å². The Morgan fingerprint density at radius 2 is 2.00 bits per heavy atom. The van der Waals surface area contributed by atoms with E-state index in [4.69, 9.17) is 14.5 Å². The highest BCUT2D eigenvalue weighted by molar-refractivity contribution is 5.76. The number of imidazole rings is 1. The van der Waals surface area contributed by atoms with Crippen molar-refractivity contribution in [3.8, 4) is 5.75 Å². The van der Waals surface area contributed by atoms with E-state index in [1.165, 1.54) is 5.56 Å². The van der Waals surface area contributed by atoms with Crippen molar-refractivity contribution < 1.29 is 9.47 Å². The summed E-state index contributed by atoms with van der Waals surface area (Å²) in [6.07, 6.45) is 2.27. The van der Waals surface area contributed by atoms with Crippen LogP contribution in [-0.2, 0) is 11.3 Å². The molecule has 0 saturated carbocycles. The first-order valence-electron chi connectivity index (χ1n) is 8.05. The summed E-state index contributed by atoms with van der Waals surface area (Å²) >= 11 is 0. The van der Waals surface area contributed by atoms with Gasteiger partial charge >= 0.3 is 0 Å². The van der Waals surface area contributed by atoms with E-state index in [1.54, 1.807) is 7.11 Å². The Kier molecular flexibility index (Phi) is 3.75. The number of aromatic nitrogens is 2. The van der Waals surface area contributed by atoms with E-state index in [9.17, 15) is 0 Å². The molecule has 2 heterocycles. The van der Waals surface area contributed by atoms with Crippen molar-refractivity contribution in [2.24, 2.45) is 0 Å². The minimum absolute atomic E-state index is 0.112. The second-order valence-corrected chi connectivity index (χ2v) is 5.89. The Bertz CT molecular complexity index is 802. The zero-order valence-electron chi connectivity index (χ0n) is 13.2. The van der Waals surface area contributed by atoms with E-state index in [0.717, 1.165) is 48.6 Å². The first kappa shape index (κ1) is 14.3. The fourth-order valence-electron chi connectivity index (χ4n) is 3.20. The number of para-hydroxylation sites is 2. The molecule has 1 saturated heterocycles. The molecule has 4 nitrogen and oxygen atoms in total.